The minimum absolute atomic E-state index is 0. The maximum Gasteiger partial charge on any atom is 0.216 e. The zero-order valence-electron chi connectivity index (χ0n) is 19.4. The van der Waals surface area contributed by atoms with Crippen molar-refractivity contribution in [1.29, 1.82) is 0 Å². The predicted molar refractivity (Wildman–Crippen MR) is 137 cm³/mol. The summed E-state index contributed by atoms with van der Waals surface area (Å²) in [4.78, 5) is 8.65. The van der Waals surface area contributed by atoms with E-state index in [9.17, 15) is 8.42 Å². The predicted octanol–water partition coefficient (Wildman–Crippen LogP) is 1.81. The van der Waals surface area contributed by atoms with E-state index >= 15 is 0 Å². The first-order valence-electron chi connectivity index (χ1n) is 10.5. The molecule has 0 spiro atoms. The molecule has 1 aliphatic heterocycles. The summed E-state index contributed by atoms with van der Waals surface area (Å²) in [6.45, 7) is 7.78. The second kappa shape index (κ2) is 13.6. The molecule has 10 heteroatoms. The van der Waals surface area contributed by atoms with Gasteiger partial charge in [0, 0.05) is 46.3 Å². The lowest BCUT2D eigenvalue weighted by Crippen LogP contribution is -2.54. The molecular formula is C21H38IN5O3S. The van der Waals surface area contributed by atoms with Crippen LogP contribution in [0.1, 0.15) is 25.0 Å². The van der Waals surface area contributed by atoms with Crippen LogP contribution in [0.15, 0.2) is 29.3 Å². The Morgan fingerprint density at radius 2 is 1.84 bits per heavy atom. The molecule has 1 aromatic rings. The Morgan fingerprint density at radius 1 is 1.19 bits per heavy atom. The van der Waals surface area contributed by atoms with Crippen molar-refractivity contribution in [3.8, 4) is 0 Å². The van der Waals surface area contributed by atoms with Crippen molar-refractivity contribution in [2.24, 2.45) is 4.99 Å². The Morgan fingerprint density at radius 3 is 2.42 bits per heavy atom. The highest BCUT2D eigenvalue weighted by Crippen LogP contribution is 2.10. The third-order valence-electron chi connectivity index (χ3n) is 4.88. The number of rotatable bonds is 9. The number of ether oxygens (including phenoxy) is 1. The molecule has 0 aromatic heterocycles. The lowest BCUT2D eigenvalue weighted by Gasteiger charge is -2.35. The van der Waals surface area contributed by atoms with Gasteiger partial charge >= 0.3 is 0 Å². The summed E-state index contributed by atoms with van der Waals surface area (Å²) in [5.41, 5.74) is 2.47. The molecule has 0 atom stereocenters. The summed E-state index contributed by atoms with van der Waals surface area (Å²) in [7, 11) is 2.59. The zero-order valence-corrected chi connectivity index (χ0v) is 22.5. The summed E-state index contributed by atoms with van der Waals surface area (Å²) < 4.78 is 32.0. The normalized spacial score (nSPS) is 16.0. The molecule has 0 saturated carbocycles. The molecule has 31 heavy (non-hydrogen) atoms. The quantitative estimate of drug-likeness (QED) is 0.279. The van der Waals surface area contributed by atoms with Crippen molar-refractivity contribution in [2.75, 3.05) is 59.7 Å². The second-order valence-corrected chi connectivity index (χ2v) is 10.2. The van der Waals surface area contributed by atoms with Crippen LogP contribution in [0.2, 0.25) is 0 Å². The molecule has 0 amide bonds. The molecule has 1 fully saturated rings. The lowest BCUT2D eigenvalue weighted by atomic mass is 10.1. The Balaban J connectivity index is 0.00000480. The van der Waals surface area contributed by atoms with Gasteiger partial charge in [-0.25, -0.2) is 8.42 Å². The smallest absolute Gasteiger partial charge is 0.216 e. The number of nitrogens with zero attached hydrogens (tertiary/aromatic N) is 4. The molecular weight excluding hydrogens is 529 g/mol. The van der Waals surface area contributed by atoms with Gasteiger partial charge in [-0.05, 0) is 39.1 Å². The van der Waals surface area contributed by atoms with Gasteiger partial charge in [-0.15, -0.1) is 24.0 Å². The fourth-order valence-electron chi connectivity index (χ4n) is 3.41. The molecule has 8 nitrogen and oxygen atoms in total. The molecule has 1 heterocycles. The summed E-state index contributed by atoms with van der Waals surface area (Å²) in [6, 6.07) is 8.50. The number of halogens is 1. The van der Waals surface area contributed by atoms with Gasteiger partial charge < -0.3 is 19.9 Å². The van der Waals surface area contributed by atoms with Crippen LogP contribution in [0, 0.1) is 0 Å². The van der Waals surface area contributed by atoms with Crippen LogP contribution in [-0.2, 0) is 27.8 Å². The molecule has 1 aromatic carbocycles. The molecule has 0 bridgehead atoms. The summed E-state index contributed by atoms with van der Waals surface area (Å²) in [5, 5.41) is 3.41. The van der Waals surface area contributed by atoms with Crippen molar-refractivity contribution in [3.05, 3.63) is 35.4 Å². The minimum Gasteiger partial charge on any atom is -0.378 e. The van der Waals surface area contributed by atoms with Crippen LogP contribution in [-0.4, -0.2) is 94.3 Å². The Kier molecular flexibility index (Phi) is 12.3. The average Bonchev–Trinajstić information content (AvgIpc) is 2.68. The van der Waals surface area contributed by atoms with E-state index in [-0.39, 0.29) is 42.4 Å². The second-order valence-electron chi connectivity index (χ2n) is 8.08. The van der Waals surface area contributed by atoms with Crippen LogP contribution in [0.4, 0.5) is 0 Å². The fraction of sp³-hybridized carbons (Fsp3) is 0.667. The van der Waals surface area contributed by atoms with Crippen LogP contribution in [0.5, 0.6) is 0 Å². The monoisotopic (exact) mass is 567 g/mol. The number of hydrogen-bond donors (Lipinski definition) is 1. The van der Waals surface area contributed by atoms with E-state index in [0.29, 0.717) is 32.7 Å². The zero-order chi connectivity index (χ0) is 22.1. The average molecular weight is 568 g/mol. The number of benzene rings is 1. The maximum atomic E-state index is 12.5. The molecule has 0 radical (unpaired) electrons. The third-order valence-corrected chi connectivity index (χ3v) is 6.71. The number of sulfonamides is 1. The Hall–Kier alpha value is -0.950. The van der Waals surface area contributed by atoms with Gasteiger partial charge in [0.1, 0.15) is 0 Å². The molecule has 0 unspecified atom stereocenters. The van der Waals surface area contributed by atoms with Crippen LogP contribution in [0.3, 0.4) is 0 Å². The number of hydrogen-bond acceptors (Lipinski definition) is 5. The molecule has 0 aliphatic carbocycles. The van der Waals surface area contributed by atoms with Gasteiger partial charge in [-0.1, -0.05) is 24.3 Å². The van der Waals surface area contributed by atoms with Gasteiger partial charge in [0.15, 0.2) is 5.96 Å². The highest BCUT2D eigenvalue weighted by molar-refractivity contribution is 14.0. The standard InChI is InChI=1S/C21H37N5O3S.HI/c1-18(2)29-13-14-30(27,28)26-11-9-25(10-12-26)21(22-3)23-16-19-7-6-8-20(15-19)17-24(4)5;/h6-8,15,18H,9-14,16-17H2,1-5H3,(H,22,23);1H. The maximum absolute atomic E-state index is 12.5. The Labute approximate surface area is 205 Å². The van der Waals surface area contributed by atoms with Gasteiger partial charge in [0.05, 0.1) is 18.5 Å². The first-order valence-corrected chi connectivity index (χ1v) is 12.1. The van der Waals surface area contributed by atoms with E-state index in [1.54, 1.807) is 11.4 Å². The minimum atomic E-state index is -3.29. The lowest BCUT2D eigenvalue weighted by molar-refractivity contribution is 0.0904. The topological polar surface area (TPSA) is 77.5 Å². The van der Waals surface area contributed by atoms with Gasteiger partial charge in [-0.2, -0.15) is 4.31 Å². The van der Waals surface area contributed by atoms with Crippen molar-refractivity contribution < 1.29 is 13.2 Å². The fourth-order valence-corrected chi connectivity index (χ4v) is 4.70. The number of guanidine groups is 1. The van der Waals surface area contributed by atoms with E-state index in [1.165, 1.54) is 11.1 Å². The summed E-state index contributed by atoms with van der Waals surface area (Å²) >= 11 is 0. The number of nitrogens with one attached hydrogen (secondary N) is 1. The van der Waals surface area contributed by atoms with Gasteiger partial charge in [-0.3, -0.25) is 4.99 Å². The van der Waals surface area contributed by atoms with E-state index in [1.807, 2.05) is 13.8 Å². The Bertz CT molecular complexity index is 794. The molecule has 1 aliphatic rings. The highest BCUT2D eigenvalue weighted by atomic mass is 127. The van der Waals surface area contributed by atoms with Crippen LogP contribution >= 0.6 is 24.0 Å². The van der Waals surface area contributed by atoms with Crippen molar-refractivity contribution in [3.63, 3.8) is 0 Å². The van der Waals surface area contributed by atoms with E-state index < -0.39 is 10.0 Å². The largest absolute Gasteiger partial charge is 0.378 e. The van der Waals surface area contributed by atoms with Crippen molar-refractivity contribution in [2.45, 2.75) is 33.0 Å². The van der Waals surface area contributed by atoms with E-state index in [0.717, 1.165) is 12.5 Å². The number of aliphatic imine (C=N–C) groups is 1. The van der Waals surface area contributed by atoms with E-state index in [4.69, 9.17) is 4.74 Å². The summed E-state index contributed by atoms with van der Waals surface area (Å²) in [6.07, 6.45) is 0.0371. The van der Waals surface area contributed by atoms with Crippen LogP contribution < -0.4 is 5.32 Å². The number of piperazine rings is 1. The highest BCUT2D eigenvalue weighted by Gasteiger charge is 2.28. The van der Waals surface area contributed by atoms with Gasteiger partial charge in [0.2, 0.25) is 10.0 Å². The molecule has 1 N–H and O–H groups in total. The van der Waals surface area contributed by atoms with Crippen molar-refractivity contribution >= 4 is 40.0 Å². The van der Waals surface area contributed by atoms with Crippen molar-refractivity contribution in [1.82, 2.24) is 19.4 Å². The van der Waals surface area contributed by atoms with Gasteiger partial charge in [0.25, 0.3) is 0 Å². The van der Waals surface area contributed by atoms with Crippen LogP contribution in [0.25, 0.3) is 0 Å². The third kappa shape index (κ3) is 9.60. The molecule has 2 rings (SSSR count). The SMILES string of the molecule is CN=C(NCc1cccc(CN(C)C)c1)N1CCN(S(=O)(=O)CCOC(C)C)CC1.I. The first kappa shape index (κ1) is 28.1. The first-order chi connectivity index (χ1) is 14.2. The molecule has 178 valence electrons. The summed E-state index contributed by atoms with van der Waals surface area (Å²) in [5.74, 6) is 0.828. The van der Waals surface area contributed by atoms with E-state index in [2.05, 4.69) is 58.5 Å². The molecule has 1 saturated heterocycles.